The normalized spacial score (nSPS) is 39.1. The first kappa shape index (κ1) is 17.2. The molecule has 5 fully saturated rings. The fraction of sp³-hybridized carbons (Fsp3) is 0.889. The summed E-state index contributed by atoms with van der Waals surface area (Å²) in [5.41, 5.74) is -1.30. The molecular weight excluding hydrogens is 322 g/mol. The highest BCUT2D eigenvalue weighted by Crippen LogP contribution is 2.69. The van der Waals surface area contributed by atoms with Crippen molar-refractivity contribution < 1.29 is 19.4 Å². The third-order valence-electron chi connectivity index (χ3n) is 6.70. The van der Waals surface area contributed by atoms with Gasteiger partial charge >= 0.3 is 0 Å². The molecule has 5 aliphatic rings. The van der Waals surface area contributed by atoms with Gasteiger partial charge in [-0.25, -0.2) is 0 Å². The maximum absolute atomic E-state index is 13.5. The molecule has 1 atom stereocenters. The van der Waals surface area contributed by atoms with E-state index in [2.05, 4.69) is 10.6 Å². The van der Waals surface area contributed by atoms with Crippen LogP contribution in [-0.4, -0.2) is 71.9 Å². The average Bonchev–Trinajstić information content (AvgIpc) is 2.97. The molecule has 140 valence electrons. The summed E-state index contributed by atoms with van der Waals surface area (Å²) in [5.74, 6) is 0.0938. The van der Waals surface area contributed by atoms with Crippen molar-refractivity contribution in [3.05, 3.63) is 0 Å². The maximum Gasteiger partial charge on any atom is 0.232 e. The number of hydrogen-bond donors (Lipinski definition) is 3. The topological polar surface area (TPSA) is 90.9 Å². The third kappa shape index (κ3) is 2.59. The molecule has 0 aromatic rings. The molecule has 7 heteroatoms. The summed E-state index contributed by atoms with van der Waals surface area (Å²) in [5, 5.41) is 16.2. The highest BCUT2D eigenvalue weighted by Gasteiger charge is 2.78. The molecule has 4 heterocycles. The van der Waals surface area contributed by atoms with Crippen LogP contribution in [0.4, 0.5) is 0 Å². The van der Waals surface area contributed by atoms with Crippen molar-refractivity contribution >= 4 is 11.8 Å². The molecule has 25 heavy (non-hydrogen) atoms. The van der Waals surface area contributed by atoms with Crippen LogP contribution < -0.4 is 10.6 Å². The van der Waals surface area contributed by atoms with E-state index in [1.54, 1.807) is 0 Å². The number of aliphatic hydroxyl groups excluding tert-OH is 1. The lowest BCUT2D eigenvalue weighted by atomic mass is 9.53. The van der Waals surface area contributed by atoms with Crippen molar-refractivity contribution in [1.82, 2.24) is 15.5 Å². The predicted octanol–water partition coefficient (Wildman–Crippen LogP) is -0.223. The molecule has 1 aliphatic carbocycles. The van der Waals surface area contributed by atoms with Crippen LogP contribution in [0.3, 0.4) is 0 Å². The van der Waals surface area contributed by atoms with Gasteiger partial charge in [-0.15, -0.1) is 0 Å². The Balaban J connectivity index is 1.58. The van der Waals surface area contributed by atoms with Gasteiger partial charge in [-0.1, -0.05) is 0 Å². The maximum atomic E-state index is 13.5. The summed E-state index contributed by atoms with van der Waals surface area (Å²) in [7, 11) is 0. The molecule has 2 bridgehead atoms. The number of carbonyl (C=O) groups excluding carboxylic acids is 2. The Hall–Kier alpha value is -1.18. The van der Waals surface area contributed by atoms with E-state index in [0.717, 1.165) is 45.3 Å². The Bertz CT molecular complexity index is 567. The van der Waals surface area contributed by atoms with Crippen LogP contribution in [0.15, 0.2) is 0 Å². The number of β-amino-alcohol motifs (C(OH)–C–C–N with tert-alkyl or cyclic N) is 1. The van der Waals surface area contributed by atoms with Crippen molar-refractivity contribution in [3.8, 4) is 0 Å². The fourth-order valence-corrected chi connectivity index (χ4v) is 5.60. The van der Waals surface area contributed by atoms with Gasteiger partial charge in [0, 0.05) is 26.6 Å². The van der Waals surface area contributed by atoms with Crippen molar-refractivity contribution in [2.45, 2.75) is 62.8 Å². The number of rotatable bonds is 3. The van der Waals surface area contributed by atoms with Crippen molar-refractivity contribution in [2.75, 3.05) is 32.7 Å². The molecule has 0 aromatic carbocycles. The van der Waals surface area contributed by atoms with Crippen molar-refractivity contribution in [2.24, 2.45) is 5.41 Å². The summed E-state index contributed by atoms with van der Waals surface area (Å²) < 4.78 is 6.58. The number of aliphatic hydroxyl groups is 1. The van der Waals surface area contributed by atoms with Crippen LogP contribution in [-0.2, 0) is 14.3 Å². The Labute approximate surface area is 148 Å². The Morgan fingerprint density at radius 2 is 2.04 bits per heavy atom. The summed E-state index contributed by atoms with van der Waals surface area (Å²) in [6.45, 7) is 4.87. The van der Waals surface area contributed by atoms with Gasteiger partial charge in [0.15, 0.2) is 0 Å². The second kappa shape index (κ2) is 5.93. The molecule has 1 spiro atoms. The minimum Gasteiger partial charge on any atom is -0.391 e. The third-order valence-corrected chi connectivity index (χ3v) is 6.70. The quantitative estimate of drug-likeness (QED) is 0.654. The standard InChI is InChI=1S/C18H29N3O4/c1-13(22)20-12-16-10-17(11-16,18(25-16)4-6-19-7-5-18)15(24)21-8-2-3-14(23)9-21/h14,19,23H,2-12H2,1H3,(H,20,22)/t14-,16?,17?/m0/s1. The molecule has 3 N–H and O–H groups in total. The van der Waals surface area contributed by atoms with E-state index < -0.39 is 22.7 Å². The Kier molecular flexibility index (Phi) is 4.09. The number of hydrogen-bond acceptors (Lipinski definition) is 5. The minimum atomic E-state index is -0.482. The van der Waals surface area contributed by atoms with E-state index in [0.29, 0.717) is 25.9 Å². The first-order valence-corrected chi connectivity index (χ1v) is 9.53. The number of nitrogens with zero attached hydrogens (tertiary/aromatic N) is 1. The zero-order chi connectivity index (χ0) is 17.7. The van der Waals surface area contributed by atoms with Gasteiger partial charge in [-0.05, 0) is 51.6 Å². The van der Waals surface area contributed by atoms with Gasteiger partial charge in [0.2, 0.25) is 11.8 Å². The molecule has 2 amide bonds. The summed E-state index contributed by atoms with van der Waals surface area (Å²) in [6, 6.07) is 0. The van der Waals surface area contributed by atoms with Crippen LogP contribution >= 0.6 is 0 Å². The number of amides is 2. The molecule has 4 aliphatic heterocycles. The minimum absolute atomic E-state index is 0.0628. The van der Waals surface area contributed by atoms with Crippen LogP contribution in [0.5, 0.6) is 0 Å². The van der Waals surface area contributed by atoms with Crippen LogP contribution in [0, 0.1) is 5.41 Å². The molecule has 0 aromatic heterocycles. The number of ether oxygens (including phenoxy) is 1. The Morgan fingerprint density at radius 3 is 2.68 bits per heavy atom. The van der Waals surface area contributed by atoms with E-state index in [-0.39, 0.29) is 11.8 Å². The lowest BCUT2D eigenvalue weighted by molar-refractivity contribution is -0.155. The SMILES string of the molecule is CC(=O)NCC12CC(C(=O)N3CCC[C@H](O)C3)(C1)C1(CCNCC1)O2. The molecule has 5 rings (SSSR count). The van der Waals surface area contributed by atoms with Gasteiger partial charge in [0.05, 0.1) is 22.7 Å². The largest absolute Gasteiger partial charge is 0.391 e. The van der Waals surface area contributed by atoms with Gasteiger partial charge in [0.1, 0.15) is 0 Å². The zero-order valence-electron chi connectivity index (χ0n) is 15.0. The summed E-state index contributed by atoms with van der Waals surface area (Å²) >= 11 is 0. The molecular formula is C18H29N3O4. The predicted molar refractivity (Wildman–Crippen MR) is 90.8 cm³/mol. The van der Waals surface area contributed by atoms with Crippen molar-refractivity contribution in [3.63, 3.8) is 0 Å². The summed E-state index contributed by atoms with van der Waals surface area (Å²) in [6.07, 6.45) is 4.25. The molecule has 4 saturated heterocycles. The van der Waals surface area contributed by atoms with Gasteiger partial charge in [-0.3, -0.25) is 9.59 Å². The first-order valence-electron chi connectivity index (χ1n) is 9.53. The lowest BCUT2D eigenvalue weighted by Gasteiger charge is -2.50. The number of nitrogens with one attached hydrogen (secondary N) is 2. The van der Waals surface area contributed by atoms with E-state index in [4.69, 9.17) is 4.74 Å². The summed E-state index contributed by atoms with van der Waals surface area (Å²) in [4.78, 5) is 26.7. The fourth-order valence-electron chi connectivity index (χ4n) is 5.60. The monoisotopic (exact) mass is 351 g/mol. The molecule has 0 radical (unpaired) electrons. The number of likely N-dealkylation sites (tertiary alicyclic amines) is 1. The van der Waals surface area contributed by atoms with Gasteiger partial charge in [-0.2, -0.15) is 0 Å². The zero-order valence-corrected chi connectivity index (χ0v) is 15.0. The molecule has 7 nitrogen and oxygen atoms in total. The smallest absolute Gasteiger partial charge is 0.232 e. The van der Waals surface area contributed by atoms with E-state index in [1.807, 2.05) is 4.90 Å². The van der Waals surface area contributed by atoms with Crippen LogP contribution in [0.2, 0.25) is 0 Å². The highest BCUT2D eigenvalue weighted by atomic mass is 16.5. The van der Waals surface area contributed by atoms with Crippen LogP contribution in [0.1, 0.15) is 45.4 Å². The second-order valence-electron chi connectivity index (χ2n) is 8.42. The number of piperidine rings is 2. The first-order chi connectivity index (χ1) is 11.9. The van der Waals surface area contributed by atoms with Crippen molar-refractivity contribution in [1.29, 1.82) is 0 Å². The lowest BCUT2D eigenvalue weighted by Crippen LogP contribution is -2.63. The van der Waals surface area contributed by atoms with Crippen LogP contribution in [0.25, 0.3) is 0 Å². The molecule has 1 saturated carbocycles. The van der Waals surface area contributed by atoms with E-state index in [9.17, 15) is 14.7 Å². The molecule has 0 unspecified atom stereocenters. The van der Waals surface area contributed by atoms with Gasteiger partial charge in [0.25, 0.3) is 0 Å². The highest BCUT2D eigenvalue weighted by molar-refractivity contribution is 5.87. The van der Waals surface area contributed by atoms with Gasteiger partial charge < -0.3 is 25.4 Å². The van der Waals surface area contributed by atoms with E-state index in [1.165, 1.54) is 6.92 Å². The Morgan fingerprint density at radius 1 is 1.32 bits per heavy atom. The average molecular weight is 351 g/mol. The second-order valence-corrected chi connectivity index (χ2v) is 8.42. The van der Waals surface area contributed by atoms with E-state index >= 15 is 0 Å². The number of carbonyl (C=O) groups is 2.